The molecule has 2 fully saturated rings. The minimum absolute atomic E-state index is 0.0298. The molecule has 0 aromatic heterocycles. The molecule has 0 unspecified atom stereocenters. The molecule has 2 aromatic carbocycles. The Labute approximate surface area is 184 Å². The predicted octanol–water partition coefficient (Wildman–Crippen LogP) is 3.74. The summed E-state index contributed by atoms with van der Waals surface area (Å²) < 4.78 is 34.2. The van der Waals surface area contributed by atoms with Gasteiger partial charge >= 0.3 is 0 Å². The smallest absolute Gasteiger partial charge is 0.262 e. The minimum atomic E-state index is -3.70. The first-order valence-corrected chi connectivity index (χ1v) is 12.3. The van der Waals surface area contributed by atoms with Crippen molar-refractivity contribution in [2.24, 2.45) is 0 Å². The maximum absolute atomic E-state index is 13.0. The van der Waals surface area contributed by atoms with Crippen LogP contribution in [0.3, 0.4) is 0 Å². The number of nitrogens with one attached hydrogen (secondary N) is 2. The summed E-state index contributed by atoms with van der Waals surface area (Å²) in [4.78, 5) is 13.1. The van der Waals surface area contributed by atoms with Gasteiger partial charge in [-0.2, -0.15) is 0 Å². The van der Waals surface area contributed by atoms with E-state index in [1.807, 2.05) is 45.0 Å². The van der Waals surface area contributed by atoms with E-state index < -0.39 is 15.4 Å². The lowest BCUT2D eigenvalue weighted by molar-refractivity contribution is -0.124. The van der Waals surface area contributed by atoms with Gasteiger partial charge in [-0.05, 0) is 75.3 Å². The van der Waals surface area contributed by atoms with Crippen LogP contribution in [0.2, 0.25) is 0 Å². The van der Waals surface area contributed by atoms with E-state index in [-0.39, 0.29) is 12.0 Å². The Morgan fingerprint density at radius 1 is 1.10 bits per heavy atom. The lowest BCUT2D eigenvalue weighted by atomic mass is 9.94. The molecule has 166 valence electrons. The summed E-state index contributed by atoms with van der Waals surface area (Å²) in [5.41, 5.74) is 3.38. The van der Waals surface area contributed by atoms with Gasteiger partial charge in [0.15, 0.2) is 0 Å². The minimum Gasteiger partial charge on any atom is -0.376 e. The van der Waals surface area contributed by atoms with Crippen molar-refractivity contribution in [1.29, 1.82) is 0 Å². The third-order valence-electron chi connectivity index (χ3n) is 6.26. The number of ether oxygens (including phenoxy) is 1. The highest BCUT2D eigenvalue weighted by Gasteiger charge is 2.51. The molecule has 1 atom stereocenters. The fraction of sp³-hybridized carbons (Fsp3) is 0.458. The molecule has 1 saturated heterocycles. The van der Waals surface area contributed by atoms with E-state index in [2.05, 4.69) is 10.0 Å². The van der Waals surface area contributed by atoms with Gasteiger partial charge in [-0.3, -0.25) is 9.52 Å². The van der Waals surface area contributed by atoms with E-state index >= 15 is 0 Å². The zero-order valence-corrected chi connectivity index (χ0v) is 19.1. The van der Waals surface area contributed by atoms with Crippen LogP contribution >= 0.6 is 0 Å². The monoisotopic (exact) mass is 442 g/mol. The van der Waals surface area contributed by atoms with Gasteiger partial charge in [0.05, 0.1) is 16.4 Å². The number of anilines is 1. The van der Waals surface area contributed by atoms with Crippen LogP contribution < -0.4 is 10.0 Å². The number of carbonyl (C=O) groups is 1. The molecule has 1 heterocycles. The number of sulfonamides is 1. The molecule has 6 nitrogen and oxygen atoms in total. The number of aryl methyl sites for hydroxylation is 3. The van der Waals surface area contributed by atoms with Crippen molar-refractivity contribution < 1.29 is 17.9 Å². The molecule has 2 aliphatic rings. The molecule has 2 aromatic rings. The van der Waals surface area contributed by atoms with Crippen LogP contribution in [0.5, 0.6) is 0 Å². The Bertz CT molecular complexity index is 1060. The predicted molar refractivity (Wildman–Crippen MR) is 121 cm³/mol. The van der Waals surface area contributed by atoms with Crippen LogP contribution in [0, 0.1) is 20.8 Å². The Morgan fingerprint density at radius 3 is 2.29 bits per heavy atom. The van der Waals surface area contributed by atoms with Crippen molar-refractivity contribution in [2.75, 3.05) is 17.9 Å². The van der Waals surface area contributed by atoms with Gasteiger partial charge in [0, 0.05) is 18.8 Å². The highest BCUT2D eigenvalue weighted by Crippen LogP contribution is 2.48. The summed E-state index contributed by atoms with van der Waals surface area (Å²) in [6, 6.07) is 10.9. The molecular weight excluding hydrogens is 412 g/mol. The Morgan fingerprint density at radius 2 is 1.74 bits per heavy atom. The van der Waals surface area contributed by atoms with Crippen LogP contribution in [0.4, 0.5) is 5.69 Å². The summed E-state index contributed by atoms with van der Waals surface area (Å²) in [5.74, 6) is 0.0298. The highest BCUT2D eigenvalue weighted by atomic mass is 32.2. The summed E-state index contributed by atoms with van der Waals surface area (Å²) in [6.45, 7) is 6.89. The number of amides is 1. The third kappa shape index (κ3) is 4.48. The van der Waals surface area contributed by atoms with Crippen molar-refractivity contribution in [3.63, 3.8) is 0 Å². The largest absolute Gasteiger partial charge is 0.376 e. The Balaban J connectivity index is 1.46. The van der Waals surface area contributed by atoms with Gasteiger partial charge in [0.25, 0.3) is 10.0 Å². The molecule has 0 radical (unpaired) electrons. The van der Waals surface area contributed by atoms with E-state index in [0.29, 0.717) is 17.1 Å². The van der Waals surface area contributed by atoms with E-state index in [1.165, 1.54) is 0 Å². The molecule has 0 bridgehead atoms. The Hall–Kier alpha value is -2.38. The fourth-order valence-corrected chi connectivity index (χ4v) is 6.12. The lowest BCUT2D eigenvalue weighted by Gasteiger charge is -2.18. The first-order valence-electron chi connectivity index (χ1n) is 10.8. The molecular formula is C24H30N2O4S. The highest BCUT2D eigenvalue weighted by molar-refractivity contribution is 7.92. The van der Waals surface area contributed by atoms with Crippen LogP contribution in [0.25, 0.3) is 0 Å². The number of carbonyl (C=O) groups excluding carboxylic acids is 1. The average molecular weight is 443 g/mol. The Kier molecular flexibility index (Phi) is 5.83. The summed E-state index contributed by atoms with van der Waals surface area (Å²) in [6.07, 6.45) is 3.76. The van der Waals surface area contributed by atoms with E-state index in [0.717, 1.165) is 54.5 Å². The maximum Gasteiger partial charge on any atom is 0.262 e. The normalized spacial score (nSPS) is 19.8. The van der Waals surface area contributed by atoms with Crippen LogP contribution in [0.15, 0.2) is 41.3 Å². The topological polar surface area (TPSA) is 84.5 Å². The number of benzene rings is 2. The molecule has 1 amide bonds. The molecule has 1 aliphatic heterocycles. The second-order valence-corrected chi connectivity index (χ2v) is 10.5. The van der Waals surface area contributed by atoms with Gasteiger partial charge in [-0.1, -0.05) is 29.8 Å². The molecule has 1 saturated carbocycles. The van der Waals surface area contributed by atoms with Crippen molar-refractivity contribution in [1.82, 2.24) is 5.32 Å². The van der Waals surface area contributed by atoms with Gasteiger partial charge in [-0.15, -0.1) is 0 Å². The van der Waals surface area contributed by atoms with E-state index in [9.17, 15) is 13.2 Å². The zero-order chi connectivity index (χ0) is 22.2. The zero-order valence-electron chi connectivity index (χ0n) is 18.3. The second-order valence-electron chi connectivity index (χ2n) is 8.84. The maximum atomic E-state index is 13.0. The van der Waals surface area contributed by atoms with Gasteiger partial charge in [-0.25, -0.2) is 8.42 Å². The lowest BCUT2D eigenvalue weighted by Crippen LogP contribution is -2.39. The van der Waals surface area contributed by atoms with Gasteiger partial charge < -0.3 is 10.1 Å². The van der Waals surface area contributed by atoms with Gasteiger partial charge in [0.2, 0.25) is 5.91 Å². The number of hydrogen-bond acceptors (Lipinski definition) is 4. The van der Waals surface area contributed by atoms with E-state index in [1.54, 1.807) is 12.1 Å². The summed E-state index contributed by atoms with van der Waals surface area (Å²) >= 11 is 0. The summed E-state index contributed by atoms with van der Waals surface area (Å²) in [5, 5.41) is 3.04. The molecule has 0 spiro atoms. The fourth-order valence-electron chi connectivity index (χ4n) is 4.61. The molecule has 31 heavy (non-hydrogen) atoms. The first kappa shape index (κ1) is 21.8. The third-order valence-corrected chi connectivity index (χ3v) is 7.95. The summed E-state index contributed by atoms with van der Waals surface area (Å²) in [7, 11) is -3.70. The SMILES string of the molecule is Cc1cc(C)c(S(=O)(=O)Nc2ccc(C3(C(=O)NC[C@@H]4CCCO4)CC3)cc2)c(C)c1. The standard InChI is InChI=1S/C24H30N2O4S/c1-16-13-17(2)22(18(3)14-16)31(28,29)26-20-8-6-19(7-9-20)24(10-11-24)23(27)25-15-21-5-4-12-30-21/h6-9,13-14,21,26H,4-5,10-12,15H2,1-3H3,(H,25,27)/t21-/m0/s1. The van der Waals surface area contributed by atoms with Crippen LogP contribution in [0.1, 0.15) is 47.9 Å². The molecule has 1 aliphatic carbocycles. The average Bonchev–Trinajstić information content (AvgIpc) is 3.33. The van der Waals surface area contributed by atoms with Crippen molar-refractivity contribution in [3.05, 3.63) is 58.7 Å². The van der Waals surface area contributed by atoms with Crippen molar-refractivity contribution in [2.45, 2.75) is 62.9 Å². The van der Waals surface area contributed by atoms with E-state index in [4.69, 9.17) is 4.74 Å². The molecule has 4 rings (SSSR count). The quantitative estimate of drug-likeness (QED) is 0.684. The number of hydrogen-bond donors (Lipinski definition) is 2. The molecule has 7 heteroatoms. The second kappa shape index (κ2) is 8.28. The van der Waals surface area contributed by atoms with Gasteiger partial charge in [0.1, 0.15) is 0 Å². The van der Waals surface area contributed by atoms with Crippen molar-refractivity contribution >= 4 is 21.6 Å². The molecule has 2 N–H and O–H groups in total. The first-order chi connectivity index (χ1) is 14.7. The van der Waals surface area contributed by atoms with Crippen molar-refractivity contribution in [3.8, 4) is 0 Å². The van der Waals surface area contributed by atoms with Crippen LogP contribution in [-0.2, 0) is 25.0 Å². The van der Waals surface area contributed by atoms with Crippen LogP contribution in [-0.4, -0.2) is 33.6 Å². The number of rotatable bonds is 7.